The minimum absolute atomic E-state index is 0.354. The zero-order chi connectivity index (χ0) is 14.6. The Morgan fingerprint density at radius 1 is 1.30 bits per heavy atom. The zero-order valence-corrected chi connectivity index (χ0v) is 13.9. The van der Waals surface area contributed by atoms with Crippen LogP contribution in [0.15, 0.2) is 24.3 Å². The highest BCUT2D eigenvalue weighted by molar-refractivity contribution is 8.00. The molecule has 0 saturated carbocycles. The quantitative estimate of drug-likeness (QED) is 0.846. The molecule has 2 atom stereocenters. The Balaban J connectivity index is 2.12. The topological polar surface area (TPSA) is 21.3 Å². The molecule has 0 fully saturated rings. The average Bonchev–Trinajstić information content (AvgIpc) is 2.51. The maximum atomic E-state index is 5.83. The van der Waals surface area contributed by atoms with Crippen LogP contribution in [0.2, 0.25) is 0 Å². The highest BCUT2D eigenvalue weighted by Crippen LogP contribution is 2.36. The highest BCUT2D eigenvalue weighted by atomic mass is 32.2. The lowest BCUT2D eigenvalue weighted by atomic mass is 9.91. The van der Waals surface area contributed by atoms with Crippen LogP contribution in [-0.4, -0.2) is 24.2 Å². The first-order valence-corrected chi connectivity index (χ1v) is 8.88. The summed E-state index contributed by atoms with van der Waals surface area (Å²) in [6, 6.07) is 8.84. The number of hydrogen-bond acceptors (Lipinski definition) is 3. The molecule has 0 bridgehead atoms. The Labute approximate surface area is 127 Å². The first kappa shape index (κ1) is 15.7. The monoisotopic (exact) mass is 293 g/mol. The number of hydrogen-bond donors (Lipinski definition) is 1. The molecule has 112 valence electrons. The van der Waals surface area contributed by atoms with Gasteiger partial charge in [0.2, 0.25) is 0 Å². The number of rotatable bonds is 6. The van der Waals surface area contributed by atoms with E-state index in [0.717, 1.165) is 18.9 Å². The highest BCUT2D eigenvalue weighted by Gasteiger charge is 2.31. The summed E-state index contributed by atoms with van der Waals surface area (Å²) in [5.74, 6) is 1.56. The lowest BCUT2D eigenvalue weighted by Gasteiger charge is -2.37. The third-order valence-electron chi connectivity index (χ3n) is 4.69. The molecule has 0 radical (unpaired) electrons. The van der Waals surface area contributed by atoms with E-state index in [1.807, 2.05) is 11.8 Å². The van der Waals surface area contributed by atoms with Crippen molar-refractivity contribution in [3.05, 3.63) is 29.8 Å². The van der Waals surface area contributed by atoms with E-state index in [2.05, 4.69) is 56.6 Å². The first-order valence-electron chi connectivity index (χ1n) is 7.66. The van der Waals surface area contributed by atoms with Gasteiger partial charge in [0.1, 0.15) is 5.75 Å². The lowest BCUT2D eigenvalue weighted by molar-refractivity contribution is 0.186. The van der Waals surface area contributed by atoms with Crippen LogP contribution in [0.3, 0.4) is 0 Å². The summed E-state index contributed by atoms with van der Waals surface area (Å²) in [7, 11) is 0. The summed E-state index contributed by atoms with van der Waals surface area (Å²) >= 11 is 1.99. The molecular weight excluding hydrogens is 266 g/mol. The summed E-state index contributed by atoms with van der Waals surface area (Å²) in [5.41, 5.74) is 1.31. The number of ether oxygens (including phenoxy) is 1. The molecule has 3 heteroatoms. The van der Waals surface area contributed by atoms with Crippen molar-refractivity contribution in [1.29, 1.82) is 0 Å². The Bertz CT molecular complexity index is 422. The molecule has 0 spiro atoms. The molecule has 2 rings (SSSR count). The SMILES string of the molecule is CCC(CC)(CNC1c2ccccc2OCC1C)SC. The Kier molecular flexibility index (Phi) is 5.39. The molecule has 1 aliphatic rings. The van der Waals surface area contributed by atoms with Crippen LogP contribution in [0.5, 0.6) is 5.75 Å². The van der Waals surface area contributed by atoms with E-state index in [-0.39, 0.29) is 0 Å². The van der Waals surface area contributed by atoms with E-state index in [4.69, 9.17) is 4.74 Å². The van der Waals surface area contributed by atoms with Crippen molar-refractivity contribution in [2.45, 2.75) is 44.4 Å². The van der Waals surface area contributed by atoms with Crippen LogP contribution < -0.4 is 10.1 Å². The fourth-order valence-electron chi connectivity index (χ4n) is 2.96. The molecule has 0 aromatic heterocycles. The summed E-state index contributed by atoms with van der Waals surface area (Å²) in [6.07, 6.45) is 4.64. The van der Waals surface area contributed by atoms with Crippen molar-refractivity contribution in [1.82, 2.24) is 5.32 Å². The van der Waals surface area contributed by atoms with E-state index in [1.165, 1.54) is 18.4 Å². The fraction of sp³-hybridized carbons (Fsp3) is 0.647. The predicted molar refractivity (Wildman–Crippen MR) is 88.7 cm³/mol. The van der Waals surface area contributed by atoms with Gasteiger partial charge in [0.15, 0.2) is 0 Å². The summed E-state index contributed by atoms with van der Waals surface area (Å²) in [6.45, 7) is 8.72. The van der Waals surface area contributed by atoms with E-state index in [9.17, 15) is 0 Å². The molecule has 1 N–H and O–H groups in total. The largest absolute Gasteiger partial charge is 0.493 e. The van der Waals surface area contributed by atoms with Gasteiger partial charge in [-0.15, -0.1) is 0 Å². The van der Waals surface area contributed by atoms with Crippen molar-refractivity contribution >= 4 is 11.8 Å². The predicted octanol–water partition coefficient (Wildman–Crippen LogP) is 4.27. The third-order valence-corrected chi connectivity index (χ3v) is 6.28. The summed E-state index contributed by atoms with van der Waals surface area (Å²) in [4.78, 5) is 0. The van der Waals surface area contributed by atoms with Gasteiger partial charge in [-0.05, 0) is 25.2 Å². The molecule has 0 saturated heterocycles. The van der Waals surface area contributed by atoms with Crippen LogP contribution in [-0.2, 0) is 0 Å². The fourth-order valence-corrected chi connectivity index (χ4v) is 3.77. The third kappa shape index (κ3) is 3.15. The van der Waals surface area contributed by atoms with Gasteiger partial charge >= 0.3 is 0 Å². The molecule has 1 aromatic rings. The molecule has 0 aliphatic carbocycles. The summed E-state index contributed by atoms with van der Waals surface area (Å²) in [5, 5.41) is 3.82. The average molecular weight is 293 g/mol. The second kappa shape index (κ2) is 6.86. The van der Waals surface area contributed by atoms with Crippen LogP contribution in [0.25, 0.3) is 0 Å². The van der Waals surface area contributed by atoms with Crippen LogP contribution in [0.4, 0.5) is 0 Å². The van der Waals surface area contributed by atoms with Gasteiger partial charge in [-0.25, -0.2) is 0 Å². The van der Waals surface area contributed by atoms with Gasteiger partial charge in [0, 0.05) is 28.8 Å². The number of nitrogens with one attached hydrogen (secondary N) is 1. The number of thioether (sulfide) groups is 1. The second-order valence-corrected chi connectivity index (χ2v) is 7.05. The van der Waals surface area contributed by atoms with Gasteiger partial charge in [0.05, 0.1) is 6.61 Å². The molecule has 1 heterocycles. The molecule has 20 heavy (non-hydrogen) atoms. The molecule has 0 amide bonds. The Morgan fingerprint density at radius 3 is 2.65 bits per heavy atom. The minimum Gasteiger partial charge on any atom is -0.493 e. The van der Waals surface area contributed by atoms with Crippen molar-refractivity contribution in [3.63, 3.8) is 0 Å². The Hall–Kier alpha value is -0.670. The molecular formula is C17H27NOS. The van der Waals surface area contributed by atoms with Gasteiger partial charge in [-0.2, -0.15) is 11.8 Å². The maximum Gasteiger partial charge on any atom is 0.124 e. The number of benzene rings is 1. The van der Waals surface area contributed by atoms with E-state index >= 15 is 0 Å². The number of para-hydroxylation sites is 1. The van der Waals surface area contributed by atoms with Crippen molar-refractivity contribution < 1.29 is 4.74 Å². The first-order chi connectivity index (χ1) is 9.65. The standard InChI is InChI=1S/C17H27NOS/c1-5-17(6-2,20-4)12-18-16-13(3)11-19-15-10-8-7-9-14(15)16/h7-10,13,16,18H,5-6,11-12H2,1-4H3. The van der Waals surface area contributed by atoms with Crippen LogP contribution in [0, 0.1) is 5.92 Å². The molecule has 2 nitrogen and oxygen atoms in total. The number of fused-ring (bicyclic) bond motifs is 1. The van der Waals surface area contributed by atoms with Crippen LogP contribution >= 0.6 is 11.8 Å². The molecule has 2 unspecified atom stereocenters. The van der Waals surface area contributed by atoms with E-state index in [1.54, 1.807) is 0 Å². The van der Waals surface area contributed by atoms with E-state index in [0.29, 0.717) is 16.7 Å². The van der Waals surface area contributed by atoms with Gasteiger partial charge < -0.3 is 10.1 Å². The van der Waals surface area contributed by atoms with Gasteiger partial charge in [-0.3, -0.25) is 0 Å². The molecule has 1 aliphatic heterocycles. The lowest BCUT2D eigenvalue weighted by Crippen LogP contribution is -2.42. The van der Waals surface area contributed by atoms with Crippen molar-refractivity contribution in [2.75, 3.05) is 19.4 Å². The zero-order valence-electron chi connectivity index (χ0n) is 13.1. The van der Waals surface area contributed by atoms with Crippen molar-refractivity contribution in [3.8, 4) is 5.75 Å². The maximum absolute atomic E-state index is 5.83. The van der Waals surface area contributed by atoms with E-state index < -0.39 is 0 Å². The van der Waals surface area contributed by atoms with Crippen molar-refractivity contribution in [2.24, 2.45) is 5.92 Å². The van der Waals surface area contributed by atoms with Gasteiger partial charge in [0.25, 0.3) is 0 Å². The Morgan fingerprint density at radius 2 is 2.00 bits per heavy atom. The normalized spacial score (nSPS) is 22.2. The smallest absolute Gasteiger partial charge is 0.124 e. The van der Waals surface area contributed by atoms with Crippen LogP contribution in [0.1, 0.15) is 45.2 Å². The second-order valence-electron chi connectivity index (χ2n) is 5.78. The minimum atomic E-state index is 0.354. The molecule has 1 aromatic carbocycles. The summed E-state index contributed by atoms with van der Waals surface area (Å²) < 4.78 is 6.19. The van der Waals surface area contributed by atoms with Gasteiger partial charge in [-0.1, -0.05) is 39.0 Å².